The van der Waals surface area contributed by atoms with Gasteiger partial charge in [-0.2, -0.15) is 0 Å². The summed E-state index contributed by atoms with van der Waals surface area (Å²) in [5.41, 5.74) is -0.467. The molecule has 1 heterocycles. The number of esters is 1. The number of hydrogen-bond donors (Lipinski definition) is 1. The Morgan fingerprint density at radius 3 is 2.56 bits per heavy atom. The number of nitrogens with zero attached hydrogens (tertiary/aromatic N) is 1. The molecule has 0 atom stereocenters. The molecule has 0 bridgehead atoms. The zero-order chi connectivity index (χ0) is 12.5. The van der Waals surface area contributed by atoms with Gasteiger partial charge in [-0.15, -0.1) is 0 Å². The molecule has 16 heavy (non-hydrogen) atoms. The second kappa shape index (κ2) is 4.22. The van der Waals surface area contributed by atoms with Crippen LogP contribution in [0.4, 0.5) is 4.39 Å². The number of aryl methyl sites for hydroxylation is 1. The van der Waals surface area contributed by atoms with Gasteiger partial charge >= 0.3 is 5.97 Å². The first-order chi connectivity index (χ1) is 7.29. The fourth-order valence-electron chi connectivity index (χ4n) is 1.20. The third kappa shape index (κ3) is 2.22. The van der Waals surface area contributed by atoms with Gasteiger partial charge in [0.15, 0.2) is 11.5 Å². The Labute approximate surface area is 91.9 Å². The van der Waals surface area contributed by atoms with E-state index in [2.05, 4.69) is 4.74 Å². The second-order valence-corrected chi connectivity index (χ2v) is 4.56. The number of sulfonamides is 1. The minimum atomic E-state index is -4.19. The van der Waals surface area contributed by atoms with Crippen molar-refractivity contribution in [2.75, 3.05) is 6.61 Å². The summed E-state index contributed by atoms with van der Waals surface area (Å²) in [6, 6.07) is 0. The Morgan fingerprint density at radius 2 is 2.19 bits per heavy atom. The summed E-state index contributed by atoms with van der Waals surface area (Å²) < 4.78 is 41.1. The van der Waals surface area contributed by atoms with Gasteiger partial charge in [-0.25, -0.2) is 22.7 Å². The normalized spacial score (nSPS) is 11.5. The molecule has 0 unspecified atom stereocenters. The van der Waals surface area contributed by atoms with Crippen LogP contribution in [0.2, 0.25) is 0 Å². The lowest BCUT2D eigenvalue weighted by Gasteiger charge is -2.02. The number of halogens is 1. The van der Waals surface area contributed by atoms with Crippen molar-refractivity contribution in [3.05, 3.63) is 17.7 Å². The Kier molecular flexibility index (Phi) is 3.34. The van der Waals surface area contributed by atoms with Crippen LogP contribution in [0.1, 0.15) is 17.4 Å². The molecule has 6 nitrogen and oxygen atoms in total. The van der Waals surface area contributed by atoms with Crippen molar-refractivity contribution in [1.29, 1.82) is 0 Å². The molecule has 0 aliphatic carbocycles. The van der Waals surface area contributed by atoms with Crippen LogP contribution >= 0.6 is 0 Å². The predicted octanol–water partition coefficient (Wildman–Crippen LogP) is -0.0117. The van der Waals surface area contributed by atoms with E-state index in [0.717, 1.165) is 10.8 Å². The van der Waals surface area contributed by atoms with E-state index in [1.165, 1.54) is 7.05 Å². The third-order valence-electron chi connectivity index (χ3n) is 1.86. The minimum absolute atomic E-state index is 0.0637. The highest BCUT2D eigenvalue weighted by atomic mass is 32.2. The van der Waals surface area contributed by atoms with E-state index in [-0.39, 0.29) is 6.61 Å². The molecule has 1 aromatic rings. The second-order valence-electron chi connectivity index (χ2n) is 3.03. The predicted molar refractivity (Wildman–Crippen MR) is 52.7 cm³/mol. The fraction of sp³-hybridized carbons (Fsp3) is 0.375. The Hall–Kier alpha value is -1.41. The van der Waals surface area contributed by atoms with Crippen LogP contribution in [-0.4, -0.2) is 25.6 Å². The van der Waals surface area contributed by atoms with E-state index in [1.54, 1.807) is 6.92 Å². The maximum absolute atomic E-state index is 13.6. The van der Waals surface area contributed by atoms with Crippen molar-refractivity contribution in [3.63, 3.8) is 0 Å². The average Bonchev–Trinajstić information content (AvgIpc) is 2.41. The number of aromatic nitrogens is 1. The largest absolute Gasteiger partial charge is 0.461 e. The van der Waals surface area contributed by atoms with Crippen LogP contribution in [0.25, 0.3) is 0 Å². The summed E-state index contributed by atoms with van der Waals surface area (Å²) in [5, 5.41) is 4.78. The highest BCUT2D eigenvalue weighted by Crippen LogP contribution is 2.19. The molecule has 8 heteroatoms. The minimum Gasteiger partial charge on any atom is -0.461 e. The van der Waals surface area contributed by atoms with E-state index in [0.29, 0.717) is 0 Å². The molecule has 1 rings (SSSR count). The van der Waals surface area contributed by atoms with Gasteiger partial charge in [-0.1, -0.05) is 0 Å². The van der Waals surface area contributed by atoms with Crippen molar-refractivity contribution >= 4 is 16.0 Å². The number of nitrogens with two attached hydrogens (primary N) is 1. The lowest BCUT2D eigenvalue weighted by atomic mass is 10.4. The summed E-state index contributed by atoms with van der Waals surface area (Å²) >= 11 is 0. The molecular weight excluding hydrogens is 239 g/mol. The van der Waals surface area contributed by atoms with Gasteiger partial charge in [0, 0.05) is 13.2 Å². The number of primary sulfonamides is 1. The van der Waals surface area contributed by atoms with E-state index in [1.807, 2.05) is 0 Å². The maximum Gasteiger partial charge on any atom is 0.358 e. The highest BCUT2D eigenvalue weighted by molar-refractivity contribution is 7.89. The topological polar surface area (TPSA) is 91.4 Å². The van der Waals surface area contributed by atoms with Crippen molar-refractivity contribution in [3.8, 4) is 0 Å². The summed E-state index contributed by atoms with van der Waals surface area (Å²) in [6.07, 6.45) is 0.928. The van der Waals surface area contributed by atoms with Gasteiger partial charge in [0.2, 0.25) is 10.0 Å². The number of ether oxygens (including phenoxy) is 1. The van der Waals surface area contributed by atoms with Crippen LogP contribution in [0.3, 0.4) is 0 Å². The summed E-state index contributed by atoms with van der Waals surface area (Å²) in [4.78, 5) is 10.6. The molecule has 2 N–H and O–H groups in total. The van der Waals surface area contributed by atoms with Crippen LogP contribution < -0.4 is 5.14 Å². The van der Waals surface area contributed by atoms with E-state index in [9.17, 15) is 17.6 Å². The first-order valence-corrected chi connectivity index (χ1v) is 5.88. The van der Waals surface area contributed by atoms with Gasteiger partial charge in [-0.3, -0.25) is 0 Å². The van der Waals surface area contributed by atoms with Crippen LogP contribution in [0.15, 0.2) is 11.1 Å². The van der Waals surface area contributed by atoms with Gasteiger partial charge in [0.05, 0.1) is 6.61 Å². The molecule has 0 saturated carbocycles. The smallest absolute Gasteiger partial charge is 0.358 e. The first kappa shape index (κ1) is 12.7. The average molecular weight is 250 g/mol. The molecule has 0 amide bonds. The monoisotopic (exact) mass is 250 g/mol. The van der Waals surface area contributed by atoms with Crippen LogP contribution in [0, 0.1) is 5.82 Å². The Balaban J connectivity index is 3.34. The number of carbonyl (C=O) groups is 1. The molecule has 0 fully saturated rings. The zero-order valence-corrected chi connectivity index (χ0v) is 9.54. The molecule has 0 saturated heterocycles. The molecule has 90 valence electrons. The summed E-state index contributed by atoms with van der Waals surface area (Å²) in [7, 11) is -2.86. The molecule has 0 aliphatic rings. The van der Waals surface area contributed by atoms with Crippen molar-refractivity contribution < 1.29 is 22.3 Å². The highest BCUT2D eigenvalue weighted by Gasteiger charge is 2.26. The number of hydrogen-bond acceptors (Lipinski definition) is 4. The summed E-state index contributed by atoms with van der Waals surface area (Å²) in [6.45, 7) is 1.62. The molecule has 0 aromatic carbocycles. The number of rotatable bonds is 3. The van der Waals surface area contributed by atoms with Crippen molar-refractivity contribution in [1.82, 2.24) is 4.57 Å². The molecular formula is C8H11FN2O4S. The first-order valence-electron chi connectivity index (χ1n) is 4.33. The maximum atomic E-state index is 13.6. The quantitative estimate of drug-likeness (QED) is 0.764. The van der Waals surface area contributed by atoms with Gasteiger partial charge in [-0.05, 0) is 6.92 Å². The van der Waals surface area contributed by atoms with E-state index < -0.39 is 32.4 Å². The molecule has 0 radical (unpaired) electrons. The van der Waals surface area contributed by atoms with Crippen molar-refractivity contribution in [2.24, 2.45) is 12.2 Å². The van der Waals surface area contributed by atoms with Crippen molar-refractivity contribution in [2.45, 2.75) is 11.8 Å². The van der Waals surface area contributed by atoms with Crippen LogP contribution in [-0.2, 0) is 21.8 Å². The van der Waals surface area contributed by atoms with E-state index in [4.69, 9.17) is 5.14 Å². The lowest BCUT2D eigenvalue weighted by Crippen LogP contribution is -2.14. The molecule has 0 spiro atoms. The zero-order valence-electron chi connectivity index (χ0n) is 8.73. The molecule has 1 aromatic heterocycles. The third-order valence-corrected chi connectivity index (χ3v) is 2.76. The number of carbonyl (C=O) groups excluding carboxylic acids is 1. The van der Waals surface area contributed by atoms with Crippen LogP contribution in [0.5, 0.6) is 0 Å². The fourth-order valence-corrected chi connectivity index (χ4v) is 1.85. The standard InChI is InChI=1S/C8H11FN2O4S/c1-3-15-8(12)7-6(9)5(4-11(7)2)16(10,13)14/h4H,3H2,1-2H3,(H2,10,13,14). The van der Waals surface area contributed by atoms with Gasteiger partial charge < -0.3 is 9.30 Å². The Bertz CT molecular complexity index is 520. The van der Waals surface area contributed by atoms with Gasteiger partial charge in [0.1, 0.15) is 4.90 Å². The van der Waals surface area contributed by atoms with Gasteiger partial charge in [0.25, 0.3) is 0 Å². The Morgan fingerprint density at radius 1 is 1.62 bits per heavy atom. The summed E-state index contributed by atoms with van der Waals surface area (Å²) in [5.74, 6) is -2.12. The molecule has 0 aliphatic heterocycles. The van der Waals surface area contributed by atoms with E-state index >= 15 is 0 Å². The lowest BCUT2D eigenvalue weighted by molar-refractivity contribution is 0.0509. The SMILES string of the molecule is CCOC(=O)c1c(F)c(S(N)(=O)=O)cn1C.